The molecule has 1 aliphatic rings. The van der Waals surface area contributed by atoms with Crippen LogP contribution in [-0.2, 0) is 22.4 Å². The number of esters is 1. The highest BCUT2D eigenvalue weighted by Crippen LogP contribution is 2.34. The van der Waals surface area contributed by atoms with Crippen molar-refractivity contribution in [1.29, 1.82) is 0 Å². The van der Waals surface area contributed by atoms with Crippen LogP contribution >= 0.6 is 0 Å². The maximum absolute atomic E-state index is 12.3. The molecule has 152 valence electrons. The van der Waals surface area contributed by atoms with Gasteiger partial charge in [-0.2, -0.15) is 0 Å². The third-order valence-electron chi connectivity index (χ3n) is 4.94. The molecule has 1 fully saturated rings. The minimum absolute atomic E-state index is 0.0186. The second kappa shape index (κ2) is 9.19. The second-order valence-electron chi connectivity index (χ2n) is 6.76. The third kappa shape index (κ3) is 4.71. The van der Waals surface area contributed by atoms with Gasteiger partial charge >= 0.3 is 5.97 Å². The van der Waals surface area contributed by atoms with Gasteiger partial charge in [0.15, 0.2) is 23.0 Å². The average molecular weight is 396 g/mol. The maximum Gasteiger partial charge on any atom is 0.309 e. The lowest BCUT2D eigenvalue weighted by Gasteiger charge is -2.17. The van der Waals surface area contributed by atoms with Gasteiger partial charge in [-0.1, -0.05) is 25.3 Å². The van der Waals surface area contributed by atoms with Gasteiger partial charge in [0, 0.05) is 5.92 Å². The van der Waals surface area contributed by atoms with Gasteiger partial charge < -0.3 is 24.1 Å². The van der Waals surface area contributed by atoms with Crippen molar-refractivity contribution in [3.8, 4) is 23.0 Å². The molecule has 0 bridgehead atoms. The first kappa shape index (κ1) is 20.3. The van der Waals surface area contributed by atoms with Crippen molar-refractivity contribution < 1.29 is 28.8 Å². The van der Waals surface area contributed by atoms with Gasteiger partial charge in [-0.3, -0.25) is 4.79 Å². The summed E-state index contributed by atoms with van der Waals surface area (Å²) in [7, 11) is 1.58. The van der Waals surface area contributed by atoms with E-state index in [1.807, 2.05) is 18.2 Å². The van der Waals surface area contributed by atoms with Gasteiger partial charge in [0.25, 0.3) is 0 Å². The van der Waals surface area contributed by atoms with E-state index in [9.17, 15) is 9.90 Å². The summed E-state index contributed by atoms with van der Waals surface area (Å²) >= 11 is 0. The minimum atomic E-state index is -0.290. The lowest BCUT2D eigenvalue weighted by atomic mass is 9.85. The highest BCUT2D eigenvalue weighted by atomic mass is 16.5. The van der Waals surface area contributed by atoms with Gasteiger partial charge in [-0.05, 0) is 48.2 Å². The Morgan fingerprint density at radius 1 is 1.03 bits per heavy atom. The molecular formula is C23H24O6. The van der Waals surface area contributed by atoms with Gasteiger partial charge in [-0.15, -0.1) is 0 Å². The summed E-state index contributed by atoms with van der Waals surface area (Å²) in [6.07, 6.45) is 3.74. The molecule has 0 radical (unpaired) electrons. The molecule has 2 aromatic rings. The van der Waals surface area contributed by atoms with Crippen molar-refractivity contribution in [2.24, 2.45) is 11.8 Å². The fraction of sp³-hybridized carbons (Fsp3) is 0.261. The number of rotatable bonds is 9. The Morgan fingerprint density at radius 3 is 2.41 bits per heavy atom. The van der Waals surface area contributed by atoms with E-state index in [2.05, 4.69) is 13.2 Å². The molecule has 2 atom stereocenters. The monoisotopic (exact) mass is 396 g/mol. The number of cyclic esters (lactones) is 1. The van der Waals surface area contributed by atoms with Gasteiger partial charge in [0.1, 0.15) is 0 Å². The standard InChI is InChI=1S/C23H24O6/c1-4-27-21-12-16(6-8-19(21)24)11-18-17(14-29-23(18)25)10-15-7-9-20(26-3)22(13-15)28-5-2/h4-9,12-13,17-18,24H,1-2,10-11,14H2,3H3. The molecule has 2 unspecified atom stereocenters. The number of hydrogen-bond acceptors (Lipinski definition) is 6. The quantitative estimate of drug-likeness (QED) is 0.510. The van der Waals surface area contributed by atoms with Crippen LogP contribution in [0.1, 0.15) is 11.1 Å². The average Bonchev–Trinajstić information content (AvgIpc) is 3.05. The second-order valence-corrected chi connectivity index (χ2v) is 6.76. The number of carbonyl (C=O) groups excluding carboxylic acids is 1. The smallest absolute Gasteiger partial charge is 0.309 e. The van der Waals surface area contributed by atoms with Crippen LogP contribution in [0.4, 0.5) is 0 Å². The van der Waals surface area contributed by atoms with Crippen LogP contribution in [0.15, 0.2) is 62.1 Å². The summed E-state index contributed by atoms with van der Waals surface area (Å²) in [4.78, 5) is 12.3. The summed E-state index contributed by atoms with van der Waals surface area (Å²) in [5.74, 6) is 1.03. The molecule has 0 aliphatic carbocycles. The molecule has 29 heavy (non-hydrogen) atoms. The van der Waals surface area contributed by atoms with E-state index in [-0.39, 0.29) is 23.6 Å². The number of aromatic hydroxyl groups is 1. The summed E-state index contributed by atoms with van der Waals surface area (Å²) < 4.78 is 21.3. The molecule has 1 saturated heterocycles. The molecule has 0 aromatic heterocycles. The predicted octanol–water partition coefficient (Wildman–Crippen LogP) is 4.02. The first-order chi connectivity index (χ1) is 14.0. The Morgan fingerprint density at radius 2 is 1.69 bits per heavy atom. The Kier molecular flexibility index (Phi) is 6.44. The van der Waals surface area contributed by atoms with E-state index in [0.29, 0.717) is 36.7 Å². The molecule has 1 N–H and O–H groups in total. The molecule has 6 heteroatoms. The molecule has 2 aromatic carbocycles. The summed E-state index contributed by atoms with van der Waals surface area (Å²) in [5.41, 5.74) is 1.89. The van der Waals surface area contributed by atoms with E-state index in [1.165, 1.54) is 12.5 Å². The van der Waals surface area contributed by atoms with Crippen LogP contribution in [0.3, 0.4) is 0 Å². The third-order valence-corrected chi connectivity index (χ3v) is 4.94. The van der Waals surface area contributed by atoms with Crippen molar-refractivity contribution >= 4 is 5.97 Å². The van der Waals surface area contributed by atoms with Crippen molar-refractivity contribution in [2.75, 3.05) is 13.7 Å². The van der Waals surface area contributed by atoms with Crippen LogP contribution in [0.2, 0.25) is 0 Å². The lowest BCUT2D eigenvalue weighted by Crippen LogP contribution is -2.20. The van der Waals surface area contributed by atoms with E-state index in [4.69, 9.17) is 18.9 Å². The first-order valence-corrected chi connectivity index (χ1v) is 9.26. The van der Waals surface area contributed by atoms with Crippen molar-refractivity contribution in [3.05, 3.63) is 73.2 Å². The molecule has 1 heterocycles. The van der Waals surface area contributed by atoms with Gasteiger partial charge in [0.2, 0.25) is 0 Å². The minimum Gasteiger partial charge on any atom is -0.504 e. The number of phenolic OH excluding ortho intramolecular Hbond substituents is 1. The van der Waals surface area contributed by atoms with E-state index >= 15 is 0 Å². The number of hydrogen-bond donors (Lipinski definition) is 1. The van der Waals surface area contributed by atoms with Gasteiger partial charge in [0.05, 0.1) is 32.2 Å². The van der Waals surface area contributed by atoms with E-state index < -0.39 is 0 Å². The molecule has 3 rings (SSSR count). The largest absolute Gasteiger partial charge is 0.504 e. The number of benzene rings is 2. The Labute approximate surface area is 170 Å². The van der Waals surface area contributed by atoms with Crippen LogP contribution < -0.4 is 14.2 Å². The maximum atomic E-state index is 12.3. The summed E-state index contributed by atoms with van der Waals surface area (Å²) in [6.45, 7) is 7.45. The van der Waals surface area contributed by atoms with Crippen LogP contribution in [0.25, 0.3) is 0 Å². The van der Waals surface area contributed by atoms with Crippen molar-refractivity contribution in [1.82, 2.24) is 0 Å². The van der Waals surface area contributed by atoms with E-state index in [0.717, 1.165) is 11.1 Å². The fourth-order valence-electron chi connectivity index (χ4n) is 3.51. The molecule has 0 amide bonds. The number of methoxy groups -OCH3 is 1. The predicted molar refractivity (Wildman–Crippen MR) is 108 cm³/mol. The SMILES string of the molecule is C=COc1cc(CC2C(=O)OCC2Cc2ccc(OC)c(OC=C)c2)ccc1O. The highest BCUT2D eigenvalue weighted by Gasteiger charge is 2.37. The molecule has 0 spiro atoms. The first-order valence-electron chi connectivity index (χ1n) is 9.26. The number of phenols is 1. The number of carbonyl (C=O) groups is 1. The Bertz CT molecular complexity index is 904. The van der Waals surface area contributed by atoms with Crippen molar-refractivity contribution in [2.45, 2.75) is 12.8 Å². The zero-order chi connectivity index (χ0) is 20.8. The van der Waals surface area contributed by atoms with Gasteiger partial charge in [-0.25, -0.2) is 0 Å². The van der Waals surface area contributed by atoms with E-state index in [1.54, 1.807) is 25.3 Å². The topological polar surface area (TPSA) is 74.2 Å². The highest BCUT2D eigenvalue weighted by molar-refractivity contribution is 5.75. The lowest BCUT2D eigenvalue weighted by molar-refractivity contribution is -0.141. The normalized spacial score (nSPS) is 18.0. The number of ether oxygens (including phenoxy) is 4. The molecular weight excluding hydrogens is 372 g/mol. The van der Waals surface area contributed by atoms with Crippen LogP contribution in [0.5, 0.6) is 23.0 Å². The zero-order valence-corrected chi connectivity index (χ0v) is 16.3. The van der Waals surface area contributed by atoms with Crippen LogP contribution in [0, 0.1) is 11.8 Å². The summed E-state index contributed by atoms with van der Waals surface area (Å²) in [5, 5.41) is 9.84. The fourth-order valence-corrected chi connectivity index (χ4v) is 3.51. The Balaban J connectivity index is 1.77. The molecule has 0 saturated carbocycles. The van der Waals surface area contributed by atoms with Crippen LogP contribution in [-0.4, -0.2) is 24.8 Å². The summed E-state index contributed by atoms with van der Waals surface area (Å²) in [6, 6.07) is 10.7. The zero-order valence-electron chi connectivity index (χ0n) is 16.3. The molecule has 1 aliphatic heterocycles. The van der Waals surface area contributed by atoms with Crippen molar-refractivity contribution in [3.63, 3.8) is 0 Å². The molecule has 6 nitrogen and oxygen atoms in total. The Hall–Kier alpha value is -3.41.